The van der Waals surface area contributed by atoms with Crippen molar-refractivity contribution in [3.05, 3.63) is 121 Å². The van der Waals surface area contributed by atoms with E-state index in [0.717, 1.165) is 49.0 Å². The van der Waals surface area contributed by atoms with Crippen LogP contribution in [0.1, 0.15) is 5.56 Å². The zero-order valence-corrected chi connectivity index (χ0v) is 23.7. The maximum atomic E-state index is 10.9. The average molecular weight is 575 g/mol. The quantitative estimate of drug-likeness (QED) is 0.0957. The molecule has 0 fully saturated rings. The minimum Gasteiger partial charge on any atom is -0.504 e. The number of phenols is 4. The van der Waals surface area contributed by atoms with Gasteiger partial charge in [-0.2, -0.15) is 0 Å². The molecule has 0 unspecified atom stereocenters. The molecule has 0 aliphatic rings. The van der Waals surface area contributed by atoms with E-state index < -0.39 is 23.0 Å². The summed E-state index contributed by atoms with van der Waals surface area (Å²) in [7, 11) is 0. The van der Waals surface area contributed by atoms with Crippen LogP contribution < -0.4 is 0 Å². The highest BCUT2D eigenvalue weighted by molar-refractivity contribution is 6.26. The van der Waals surface area contributed by atoms with Crippen LogP contribution in [0, 0.1) is 6.92 Å². The topological polar surface area (TPSA) is 94.1 Å². The first kappa shape index (κ1) is 25.7. The molecule has 0 bridgehead atoms. The Hall–Kier alpha value is -5.94. The van der Waals surface area contributed by atoms with Crippen molar-refractivity contribution in [1.29, 1.82) is 0 Å². The van der Waals surface area contributed by atoms with Gasteiger partial charge in [0.2, 0.25) is 11.5 Å². The summed E-state index contributed by atoms with van der Waals surface area (Å²) in [5.74, 6) is -2.58. The second-order valence-electron chi connectivity index (χ2n) is 11.1. The molecular formula is C39H26O5. The third kappa shape index (κ3) is 3.53. The minimum atomic E-state index is -0.784. The molecule has 5 nitrogen and oxygen atoms in total. The highest BCUT2D eigenvalue weighted by Gasteiger charge is 2.26. The third-order valence-corrected chi connectivity index (χ3v) is 8.70. The maximum absolute atomic E-state index is 10.9. The van der Waals surface area contributed by atoms with Crippen LogP contribution in [0.5, 0.6) is 23.0 Å². The van der Waals surface area contributed by atoms with E-state index in [1.165, 1.54) is 5.56 Å². The molecule has 1 heterocycles. The number of hydrogen-bond acceptors (Lipinski definition) is 5. The van der Waals surface area contributed by atoms with Crippen LogP contribution in [-0.2, 0) is 0 Å². The van der Waals surface area contributed by atoms with Crippen molar-refractivity contribution >= 4 is 43.5 Å². The summed E-state index contributed by atoms with van der Waals surface area (Å²) in [4.78, 5) is 0. The molecule has 44 heavy (non-hydrogen) atoms. The Morgan fingerprint density at radius 1 is 0.432 bits per heavy atom. The van der Waals surface area contributed by atoms with Crippen molar-refractivity contribution < 1.29 is 24.8 Å². The van der Waals surface area contributed by atoms with Gasteiger partial charge in [0.15, 0.2) is 11.5 Å². The zero-order valence-electron chi connectivity index (χ0n) is 23.7. The van der Waals surface area contributed by atoms with Gasteiger partial charge < -0.3 is 24.8 Å². The molecular weight excluding hydrogens is 548 g/mol. The van der Waals surface area contributed by atoms with Crippen LogP contribution in [0.4, 0.5) is 0 Å². The summed E-state index contributed by atoms with van der Waals surface area (Å²) in [6.07, 6.45) is 0. The van der Waals surface area contributed by atoms with Gasteiger partial charge in [-0.15, -0.1) is 0 Å². The molecule has 4 N–H and O–H groups in total. The Kier molecular flexibility index (Phi) is 5.58. The van der Waals surface area contributed by atoms with E-state index in [9.17, 15) is 20.4 Å². The van der Waals surface area contributed by atoms with Crippen LogP contribution in [0.3, 0.4) is 0 Å². The van der Waals surface area contributed by atoms with E-state index in [4.69, 9.17) is 4.42 Å². The zero-order chi connectivity index (χ0) is 30.1. The number of aromatic hydroxyl groups is 4. The van der Waals surface area contributed by atoms with Gasteiger partial charge in [-0.1, -0.05) is 109 Å². The van der Waals surface area contributed by atoms with Gasteiger partial charge in [0.1, 0.15) is 11.2 Å². The summed E-state index contributed by atoms with van der Waals surface area (Å²) in [6.45, 7) is 1.57. The monoisotopic (exact) mass is 574 g/mol. The number of hydrogen-bond donors (Lipinski definition) is 4. The molecule has 5 heteroatoms. The molecule has 0 amide bonds. The highest BCUT2D eigenvalue weighted by Crippen LogP contribution is 2.53. The molecule has 0 atom stereocenters. The van der Waals surface area contributed by atoms with Gasteiger partial charge in [-0.25, -0.2) is 0 Å². The lowest BCUT2D eigenvalue weighted by Crippen LogP contribution is -1.91. The van der Waals surface area contributed by atoms with Gasteiger partial charge in [0.05, 0.1) is 0 Å². The van der Waals surface area contributed by atoms with Crippen molar-refractivity contribution in [3.8, 4) is 56.4 Å². The van der Waals surface area contributed by atoms with Gasteiger partial charge in [0.25, 0.3) is 0 Å². The standard InChI is InChI=1S/C39H26O5/c1-21-31(36(41)38(43)37(42)35(21)40)28-18-9-19-29-34-27(17-10-20-30(34)44-39(28)29)33-25-15-7-5-13-23(25)32(22-11-3-2-4-12-22)24-14-6-8-16-26(24)33/h2-20,40-43H,1H3. The van der Waals surface area contributed by atoms with Crippen molar-refractivity contribution in [2.24, 2.45) is 0 Å². The van der Waals surface area contributed by atoms with Crippen LogP contribution in [0.25, 0.3) is 76.9 Å². The predicted octanol–water partition coefficient (Wildman–Crippen LogP) is 10.0. The summed E-state index contributed by atoms with van der Waals surface area (Å²) < 4.78 is 6.50. The smallest absolute Gasteiger partial charge is 0.204 e. The molecule has 1 aromatic heterocycles. The Morgan fingerprint density at radius 3 is 1.61 bits per heavy atom. The van der Waals surface area contributed by atoms with Crippen LogP contribution in [-0.4, -0.2) is 20.4 Å². The minimum absolute atomic E-state index is 0.187. The van der Waals surface area contributed by atoms with Crippen molar-refractivity contribution in [1.82, 2.24) is 0 Å². The summed E-state index contributed by atoms with van der Waals surface area (Å²) in [6, 6.07) is 39.0. The molecule has 0 saturated carbocycles. The average Bonchev–Trinajstić information content (AvgIpc) is 3.46. The van der Waals surface area contributed by atoms with E-state index in [1.807, 2.05) is 30.3 Å². The van der Waals surface area contributed by atoms with E-state index in [0.29, 0.717) is 16.7 Å². The Labute approximate surface area is 252 Å². The summed E-state index contributed by atoms with van der Waals surface area (Å²) in [5, 5.41) is 48.2. The molecule has 8 rings (SSSR count). The number of para-hydroxylation sites is 1. The van der Waals surface area contributed by atoms with Crippen molar-refractivity contribution in [2.45, 2.75) is 6.92 Å². The fraction of sp³-hybridized carbons (Fsp3) is 0.0256. The summed E-state index contributed by atoms with van der Waals surface area (Å²) in [5.41, 5.74) is 6.48. The molecule has 212 valence electrons. The molecule has 0 aliphatic heterocycles. The summed E-state index contributed by atoms with van der Waals surface area (Å²) >= 11 is 0. The molecule has 0 radical (unpaired) electrons. The fourth-order valence-electron chi connectivity index (χ4n) is 6.73. The maximum Gasteiger partial charge on any atom is 0.204 e. The second kappa shape index (κ2) is 9.54. The second-order valence-corrected chi connectivity index (χ2v) is 11.1. The van der Waals surface area contributed by atoms with Gasteiger partial charge in [-0.3, -0.25) is 0 Å². The first-order valence-electron chi connectivity index (χ1n) is 14.4. The fourth-order valence-corrected chi connectivity index (χ4v) is 6.73. The van der Waals surface area contributed by atoms with Crippen LogP contribution in [0.15, 0.2) is 120 Å². The lowest BCUT2D eigenvalue weighted by Gasteiger charge is -2.18. The molecule has 0 saturated heterocycles. The highest BCUT2D eigenvalue weighted by atomic mass is 16.3. The third-order valence-electron chi connectivity index (χ3n) is 8.70. The first-order chi connectivity index (χ1) is 21.5. The van der Waals surface area contributed by atoms with Gasteiger partial charge >= 0.3 is 0 Å². The Morgan fingerprint density at radius 2 is 0.955 bits per heavy atom. The van der Waals surface area contributed by atoms with E-state index in [1.54, 1.807) is 13.0 Å². The normalized spacial score (nSPS) is 11.7. The Balaban J connectivity index is 1.50. The van der Waals surface area contributed by atoms with E-state index in [2.05, 4.69) is 78.9 Å². The molecule has 0 aliphatic carbocycles. The van der Waals surface area contributed by atoms with Gasteiger partial charge in [-0.05, 0) is 56.8 Å². The van der Waals surface area contributed by atoms with Crippen LogP contribution in [0.2, 0.25) is 0 Å². The number of benzene rings is 7. The molecule has 8 aromatic rings. The van der Waals surface area contributed by atoms with Crippen molar-refractivity contribution in [2.75, 3.05) is 0 Å². The number of fused-ring (bicyclic) bond motifs is 5. The van der Waals surface area contributed by atoms with E-state index >= 15 is 0 Å². The largest absolute Gasteiger partial charge is 0.504 e. The number of phenolic OH excluding ortho intramolecular Hbond substituents is 4. The SMILES string of the molecule is Cc1c(O)c(O)c(O)c(O)c1-c1cccc2c1oc1cccc(-c3c4ccccc4c(-c4ccccc4)c4ccccc34)c12. The number of rotatable bonds is 3. The Bertz CT molecular complexity index is 2350. The van der Waals surface area contributed by atoms with Gasteiger partial charge in [0, 0.05) is 27.5 Å². The lowest BCUT2D eigenvalue weighted by atomic mass is 9.85. The first-order valence-corrected chi connectivity index (χ1v) is 14.4. The predicted molar refractivity (Wildman–Crippen MR) is 176 cm³/mol. The molecule has 7 aromatic carbocycles. The van der Waals surface area contributed by atoms with Crippen LogP contribution >= 0.6 is 0 Å². The van der Waals surface area contributed by atoms with Crippen molar-refractivity contribution in [3.63, 3.8) is 0 Å². The van der Waals surface area contributed by atoms with E-state index in [-0.39, 0.29) is 11.1 Å². The number of furan rings is 1. The molecule has 0 spiro atoms. The lowest BCUT2D eigenvalue weighted by molar-refractivity contribution is 0.345.